The molecule has 1 aromatic heterocycles. The molecule has 7 nitrogen and oxygen atoms in total. The van der Waals surface area contributed by atoms with Crippen molar-refractivity contribution in [2.45, 2.75) is 45.9 Å². The Bertz CT molecular complexity index is 810. The predicted octanol–water partition coefficient (Wildman–Crippen LogP) is 2.24. The molecule has 2 aromatic rings. The van der Waals surface area contributed by atoms with E-state index in [4.69, 9.17) is 9.57 Å². The van der Waals surface area contributed by atoms with Crippen LogP contribution in [0, 0.1) is 5.92 Å². The average Bonchev–Trinajstić information content (AvgIpc) is 2.62. The van der Waals surface area contributed by atoms with Gasteiger partial charge in [-0.25, -0.2) is 15.0 Å². The molecule has 1 saturated heterocycles. The van der Waals surface area contributed by atoms with Crippen molar-refractivity contribution in [1.82, 2.24) is 15.3 Å². The number of carbonyl (C=O) groups is 1. The lowest BCUT2D eigenvalue weighted by Gasteiger charge is -2.22. The van der Waals surface area contributed by atoms with E-state index in [2.05, 4.69) is 10.6 Å². The molecule has 1 fully saturated rings. The second-order valence-corrected chi connectivity index (χ2v) is 6.62. The number of hydrogen-bond donors (Lipinski definition) is 1. The molecule has 1 aliphatic rings. The van der Waals surface area contributed by atoms with Crippen LogP contribution in [0.4, 0.5) is 0 Å². The number of hydrogen-bond acceptors (Lipinski definition) is 5. The van der Waals surface area contributed by atoms with Gasteiger partial charge in [-0.1, -0.05) is 32.0 Å². The minimum atomic E-state index is -0.483. The number of hydroxylamine groups is 1. The molecule has 0 spiro atoms. The summed E-state index contributed by atoms with van der Waals surface area (Å²) >= 11 is 0. The van der Waals surface area contributed by atoms with Crippen LogP contribution in [0.1, 0.15) is 43.6 Å². The molecule has 0 radical (unpaired) electrons. The molecule has 1 amide bonds. The molecular formula is C18H23N3O4. The molecule has 3 rings (SSSR count). The Morgan fingerprint density at radius 1 is 1.36 bits per heavy atom. The zero-order chi connectivity index (χ0) is 17.8. The zero-order valence-corrected chi connectivity index (χ0v) is 14.5. The van der Waals surface area contributed by atoms with Crippen LogP contribution in [-0.2, 0) is 16.1 Å². The highest BCUT2D eigenvalue weighted by Crippen LogP contribution is 2.15. The lowest BCUT2D eigenvalue weighted by Crippen LogP contribution is -2.35. The number of fused-ring (bicyclic) bond motifs is 1. The smallest absolute Gasteiger partial charge is 0.296 e. The van der Waals surface area contributed by atoms with Gasteiger partial charge in [-0.3, -0.25) is 9.59 Å². The first-order valence-corrected chi connectivity index (χ1v) is 8.63. The lowest BCUT2D eigenvalue weighted by atomic mass is 10.1. The van der Waals surface area contributed by atoms with Crippen LogP contribution in [0.25, 0.3) is 10.8 Å². The number of carbonyl (C=O) groups excluding carboxylic acids is 1. The summed E-state index contributed by atoms with van der Waals surface area (Å²) in [6, 6.07) is 6.98. The first-order valence-electron chi connectivity index (χ1n) is 8.63. The van der Waals surface area contributed by atoms with Gasteiger partial charge in [0.1, 0.15) is 0 Å². The fraction of sp³-hybridized carbons (Fsp3) is 0.500. The molecule has 0 bridgehead atoms. The predicted molar refractivity (Wildman–Crippen MR) is 93.0 cm³/mol. The SMILES string of the molecule is CC(C)Cn1nc(C(=O)NOC2CCCCO2)c2ccccc2c1=O. The van der Waals surface area contributed by atoms with Crippen molar-refractivity contribution in [2.24, 2.45) is 5.92 Å². The fourth-order valence-corrected chi connectivity index (χ4v) is 2.84. The van der Waals surface area contributed by atoms with Crippen LogP contribution >= 0.6 is 0 Å². The van der Waals surface area contributed by atoms with Crippen LogP contribution in [-0.4, -0.2) is 28.6 Å². The second-order valence-electron chi connectivity index (χ2n) is 6.62. The summed E-state index contributed by atoms with van der Waals surface area (Å²) in [6.07, 6.45) is 2.30. The maximum atomic E-state index is 12.6. The lowest BCUT2D eigenvalue weighted by molar-refractivity contribution is -0.186. The second kappa shape index (κ2) is 7.76. The van der Waals surface area contributed by atoms with Crippen LogP contribution in [0.15, 0.2) is 29.1 Å². The van der Waals surface area contributed by atoms with Gasteiger partial charge in [-0.2, -0.15) is 5.10 Å². The van der Waals surface area contributed by atoms with Crippen LogP contribution in [0.3, 0.4) is 0 Å². The molecule has 1 aliphatic heterocycles. The first kappa shape index (κ1) is 17.6. The van der Waals surface area contributed by atoms with Gasteiger partial charge in [0.25, 0.3) is 11.5 Å². The standard InChI is InChI=1S/C18H23N3O4/c1-12(2)11-21-18(23)14-8-4-3-7-13(14)16(19-21)17(22)20-25-15-9-5-6-10-24-15/h3-4,7-8,12,15H,5-6,9-11H2,1-2H3,(H,20,22). The minimum Gasteiger partial charge on any atom is -0.350 e. The summed E-state index contributed by atoms with van der Waals surface area (Å²) in [6.45, 7) is 5.05. The number of nitrogens with zero attached hydrogens (tertiary/aromatic N) is 2. The Labute approximate surface area is 145 Å². The van der Waals surface area contributed by atoms with Gasteiger partial charge in [-0.05, 0) is 24.8 Å². The van der Waals surface area contributed by atoms with E-state index in [0.29, 0.717) is 23.9 Å². The van der Waals surface area contributed by atoms with E-state index >= 15 is 0 Å². The molecule has 1 aromatic carbocycles. The normalized spacial score (nSPS) is 17.8. The quantitative estimate of drug-likeness (QED) is 0.841. The monoisotopic (exact) mass is 345 g/mol. The van der Waals surface area contributed by atoms with E-state index in [1.54, 1.807) is 24.3 Å². The Morgan fingerprint density at radius 3 is 2.80 bits per heavy atom. The maximum Gasteiger partial charge on any atom is 0.296 e. The highest BCUT2D eigenvalue weighted by Gasteiger charge is 2.20. The third-order valence-corrected chi connectivity index (χ3v) is 4.04. The van der Waals surface area contributed by atoms with Crippen LogP contribution in [0.5, 0.6) is 0 Å². The van der Waals surface area contributed by atoms with Gasteiger partial charge in [0.15, 0.2) is 12.0 Å². The molecule has 0 aliphatic carbocycles. The summed E-state index contributed by atoms with van der Waals surface area (Å²) in [5.74, 6) is -0.253. The molecule has 1 atom stereocenters. The molecule has 1 N–H and O–H groups in total. The van der Waals surface area contributed by atoms with Crippen molar-refractivity contribution in [3.8, 4) is 0 Å². The maximum absolute atomic E-state index is 12.6. The van der Waals surface area contributed by atoms with Gasteiger partial charge in [0, 0.05) is 25.0 Å². The van der Waals surface area contributed by atoms with Crippen molar-refractivity contribution in [3.05, 3.63) is 40.3 Å². The van der Waals surface area contributed by atoms with Crippen molar-refractivity contribution >= 4 is 16.7 Å². The summed E-state index contributed by atoms with van der Waals surface area (Å²) in [4.78, 5) is 30.5. The van der Waals surface area contributed by atoms with Crippen LogP contribution in [0.2, 0.25) is 0 Å². The van der Waals surface area contributed by atoms with Crippen molar-refractivity contribution < 1.29 is 14.4 Å². The zero-order valence-electron chi connectivity index (χ0n) is 14.5. The third-order valence-electron chi connectivity index (χ3n) is 4.04. The number of aromatic nitrogens is 2. The number of amides is 1. The molecule has 7 heteroatoms. The summed E-state index contributed by atoms with van der Waals surface area (Å²) < 4.78 is 6.78. The van der Waals surface area contributed by atoms with Gasteiger partial charge in [0.2, 0.25) is 0 Å². The highest BCUT2D eigenvalue weighted by atomic mass is 16.8. The third kappa shape index (κ3) is 4.05. The van der Waals surface area contributed by atoms with E-state index < -0.39 is 12.2 Å². The molecule has 25 heavy (non-hydrogen) atoms. The summed E-state index contributed by atoms with van der Waals surface area (Å²) in [5.41, 5.74) is 2.39. The summed E-state index contributed by atoms with van der Waals surface area (Å²) in [5, 5.41) is 5.26. The van der Waals surface area contributed by atoms with Gasteiger partial charge >= 0.3 is 0 Å². The number of benzene rings is 1. The Kier molecular flexibility index (Phi) is 5.45. The first-order chi connectivity index (χ1) is 12.1. The van der Waals surface area contributed by atoms with E-state index in [1.165, 1.54) is 4.68 Å². The summed E-state index contributed by atoms with van der Waals surface area (Å²) in [7, 11) is 0. The Balaban J connectivity index is 1.89. The van der Waals surface area contributed by atoms with Gasteiger partial charge in [0.05, 0.1) is 5.39 Å². The number of ether oxygens (including phenoxy) is 1. The Morgan fingerprint density at radius 2 is 2.12 bits per heavy atom. The van der Waals surface area contributed by atoms with Crippen molar-refractivity contribution in [1.29, 1.82) is 0 Å². The van der Waals surface area contributed by atoms with Crippen molar-refractivity contribution in [3.63, 3.8) is 0 Å². The topological polar surface area (TPSA) is 82.5 Å². The minimum absolute atomic E-state index is 0.173. The van der Waals surface area contributed by atoms with E-state index in [9.17, 15) is 9.59 Å². The van der Waals surface area contributed by atoms with E-state index in [1.807, 2.05) is 13.8 Å². The average molecular weight is 345 g/mol. The molecule has 2 heterocycles. The fourth-order valence-electron chi connectivity index (χ4n) is 2.84. The van der Waals surface area contributed by atoms with E-state index in [-0.39, 0.29) is 17.2 Å². The van der Waals surface area contributed by atoms with Gasteiger partial charge in [-0.15, -0.1) is 0 Å². The molecular weight excluding hydrogens is 322 g/mol. The van der Waals surface area contributed by atoms with E-state index in [0.717, 1.165) is 19.3 Å². The van der Waals surface area contributed by atoms with Crippen molar-refractivity contribution in [2.75, 3.05) is 6.61 Å². The largest absolute Gasteiger partial charge is 0.350 e. The Hall–Kier alpha value is -2.25. The molecule has 0 saturated carbocycles. The molecule has 1 unspecified atom stereocenters. The molecule has 134 valence electrons. The van der Waals surface area contributed by atoms with Gasteiger partial charge < -0.3 is 4.74 Å². The van der Waals surface area contributed by atoms with Crippen LogP contribution < -0.4 is 11.0 Å². The number of rotatable bonds is 5. The highest BCUT2D eigenvalue weighted by molar-refractivity contribution is 6.04. The number of nitrogens with one attached hydrogen (secondary N) is 1.